The van der Waals surface area contributed by atoms with Crippen molar-refractivity contribution in [2.45, 2.75) is 51.7 Å². The molecule has 1 unspecified atom stereocenters. The Hall–Kier alpha value is -3.34. The van der Waals surface area contributed by atoms with Gasteiger partial charge >= 0.3 is 11.8 Å². The monoisotopic (exact) mass is 666 g/mol. The largest absolute Gasteiger partial charge is 0.444 e. The van der Waals surface area contributed by atoms with Gasteiger partial charge in [0, 0.05) is 20.0 Å². The number of ether oxygens (including phenoxy) is 7. The minimum atomic E-state index is -0.713. The smallest absolute Gasteiger partial charge is 0.407 e. The molecule has 1 fully saturated rings. The van der Waals surface area contributed by atoms with E-state index < -0.39 is 23.6 Å². The number of aryl methyl sites for hydroxylation is 1. The van der Waals surface area contributed by atoms with Crippen LogP contribution < -0.4 is 16.3 Å². The van der Waals surface area contributed by atoms with Crippen molar-refractivity contribution in [3.8, 4) is 0 Å². The lowest BCUT2D eigenvalue weighted by Gasteiger charge is -2.21. The molecule has 0 spiro atoms. The number of rotatable bonds is 22. The second-order valence-electron chi connectivity index (χ2n) is 11.8. The quantitative estimate of drug-likeness (QED) is 0.138. The number of hydrogen-bond donors (Lipinski definition) is 2. The van der Waals surface area contributed by atoms with Gasteiger partial charge in [0.1, 0.15) is 11.6 Å². The molecule has 0 radical (unpaired) electrons. The van der Waals surface area contributed by atoms with Crippen LogP contribution in [-0.4, -0.2) is 118 Å². The number of aromatic nitrogens is 2. The molecule has 1 atom stereocenters. The maximum atomic E-state index is 13.0. The first-order valence-corrected chi connectivity index (χ1v) is 16.0. The summed E-state index contributed by atoms with van der Waals surface area (Å²) in [5.41, 5.74) is 1.54. The van der Waals surface area contributed by atoms with E-state index in [0.29, 0.717) is 104 Å². The Kier molecular flexibility index (Phi) is 16.3. The zero-order valence-electron chi connectivity index (χ0n) is 28.0. The van der Waals surface area contributed by atoms with Crippen molar-refractivity contribution in [3.05, 3.63) is 34.2 Å². The van der Waals surface area contributed by atoms with Gasteiger partial charge in [0.2, 0.25) is 11.8 Å². The molecule has 1 aromatic carbocycles. The summed E-state index contributed by atoms with van der Waals surface area (Å²) in [5.74, 6) is -0.769. The predicted molar refractivity (Wildman–Crippen MR) is 171 cm³/mol. The summed E-state index contributed by atoms with van der Waals surface area (Å²) < 4.78 is 41.3. The van der Waals surface area contributed by atoms with E-state index in [1.165, 1.54) is 4.57 Å². The number of carbonyl (C=O) groups excluding carboxylic acids is 3. The van der Waals surface area contributed by atoms with Crippen molar-refractivity contribution in [1.29, 1.82) is 0 Å². The number of fused-ring (bicyclic) bond motifs is 1. The number of carbonyl (C=O) groups is 3. The summed E-state index contributed by atoms with van der Waals surface area (Å²) >= 11 is 0. The molecule has 2 aromatic rings. The first kappa shape index (κ1) is 38.1. The van der Waals surface area contributed by atoms with Crippen LogP contribution in [0.3, 0.4) is 0 Å². The van der Waals surface area contributed by atoms with E-state index in [4.69, 9.17) is 33.2 Å². The summed E-state index contributed by atoms with van der Waals surface area (Å²) in [6, 6.07) is 4.91. The van der Waals surface area contributed by atoms with Gasteiger partial charge in [-0.15, -0.1) is 0 Å². The van der Waals surface area contributed by atoms with Crippen molar-refractivity contribution in [2.75, 3.05) is 85.8 Å². The number of piperidine rings is 1. The summed E-state index contributed by atoms with van der Waals surface area (Å²) in [4.78, 5) is 48.5. The zero-order chi connectivity index (χ0) is 34.1. The highest BCUT2D eigenvalue weighted by Crippen LogP contribution is 2.25. The molecule has 0 bridgehead atoms. The van der Waals surface area contributed by atoms with Crippen LogP contribution in [0.15, 0.2) is 23.0 Å². The van der Waals surface area contributed by atoms with Gasteiger partial charge < -0.3 is 38.5 Å². The van der Waals surface area contributed by atoms with E-state index in [1.54, 1.807) is 11.6 Å². The van der Waals surface area contributed by atoms with Gasteiger partial charge in [-0.25, -0.2) is 9.59 Å². The van der Waals surface area contributed by atoms with Gasteiger partial charge in [-0.05, 0) is 45.2 Å². The Bertz CT molecular complexity index is 1330. The maximum absolute atomic E-state index is 13.0. The van der Waals surface area contributed by atoms with E-state index in [0.717, 1.165) is 11.1 Å². The molecule has 2 heterocycles. The van der Waals surface area contributed by atoms with Crippen LogP contribution in [0.4, 0.5) is 4.79 Å². The fraction of sp³-hybridized carbons (Fsp3) is 0.688. The lowest BCUT2D eigenvalue weighted by atomic mass is 10.1. The fourth-order valence-corrected chi connectivity index (χ4v) is 4.87. The number of benzene rings is 1. The minimum Gasteiger partial charge on any atom is -0.444 e. The third-order valence-electron chi connectivity index (χ3n) is 7.00. The normalized spacial score (nSPS) is 15.3. The molecular weight excluding hydrogens is 616 g/mol. The first-order valence-electron chi connectivity index (χ1n) is 16.0. The topological polar surface area (TPSA) is 167 Å². The van der Waals surface area contributed by atoms with Crippen LogP contribution in [0.25, 0.3) is 11.0 Å². The molecule has 0 aliphatic carbocycles. The van der Waals surface area contributed by atoms with Crippen molar-refractivity contribution in [3.63, 3.8) is 0 Å². The van der Waals surface area contributed by atoms with E-state index >= 15 is 0 Å². The van der Waals surface area contributed by atoms with Crippen LogP contribution in [0.2, 0.25) is 0 Å². The number of hydrogen-bond acceptors (Lipinski definition) is 11. The third-order valence-corrected chi connectivity index (χ3v) is 7.00. The number of para-hydroxylation sites is 1. The molecule has 0 saturated carbocycles. The summed E-state index contributed by atoms with van der Waals surface area (Å²) in [6.07, 6.45) is 0.616. The van der Waals surface area contributed by atoms with Crippen molar-refractivity contribution >= 4 is 28.9 Å². The molecule has 1 aliphatic heterocycles. The molecule has 264 valence electrons. The number of amides is 3. The van der Waals surface area contributed by atoms with Gasteiger partial charge in [-0.2, -0.15) is 0 Å². The van der Waals surface area contributed by atoms with Crippen molar-refractivity contribution < 1.29 is 47.5 Å². The van der Waals surface area contributed by atoms with Crippen LogP contribution in [-0.2, 0) is 56.2 Å². The lowest BCUT2D eigenvalue weighted by molar-refractivity contribution is -0.135. The second kappa shape index (κ2) is 20.1. The lowest BCUT2D eigenvalue weighted by Crippen LogP contribution is -2.44. The Morgan fingerprint density at radius 1 is 0.830 bits per heavy atom. The van der Waals surface area contributed by atoms with Crippen LogP contribution in [0.5, 0.6) is 0 Å². The highest BCUT2D eigenvalue weighted by molar-refractivity contribution is 6.00. The molecule has 3 amide bonds. The molecular formula is C32H50N4O11. The Morgan fingerprint density at radius 2 is 1.36 bits per heavy atom. The molecule has 3 rings (SSSR count). The van der Waals surface area contributed by atoms with E-state index in [-0.39, 0.29) is 18.0 Å². The standard InChI is InChI=1S/C32H50N4O11/c1-32(2,3)47-30(39)33-11-13-42-15-17-44-19-21-46-23-22-45-20-18-43-16-14-41-12-10-24-6-5-7-25-28(24)35(4)31(40)36(25)26-8-9-27(37)34-29(26)38/h5-7,26H,8-23H2,1-4H3,(H,33,39)(H,34,37,38). The van der Waals surface area contributed by atoms with Crippen molar-refractivity contribution in [1.82, 2.24) is 19.8 Å². The molecule has 15 nitrogen and oxygen atoms in total. The van der Waals surface area contributed by atoms with Crippen LogP contribution in [0.1, 0.15) is 45.2 Å². The molecule has 1 aliphatic rings. The zero-order valence-corrected chi connectivity index (χ0v) is 28.0. The van der Waals surface area contributed by atoms with E-state index in [2.05, 4.69) is 10.6 Å². The van der Waals surface area contributed by atoms with Crippen LogP contribution >= 0.6 is 0 Å². The highest BCUT2D eigenvalue weighted by Gasteiger charge is 2.31. The van der Waals surface area contributed by atoms with Gasteiger partial charge in [0.15, 0.2) is 0 Å². The van der Waals surface area contributed by atoms with Gasteiger partial charge in [-0.1, -0.05) is 12.1 Å². The fourth-order valence-electron chi connectivity index (χ4n) is 4.87. The van der Waals surface area contributed by atoms with Gasteiger partial charge in [0.05, 0.1) is 90.3 Å². The summed E-state index contributed by atoms with van der Waals surface area (Å²) in [7, 11) is 1.69. The average Bonchev–Trinajstić information content (AvgIpc) is 3.26. The SMILES string of the molecule is Cn1c(=O)n(C2CCC(=O)NC2=O)c2cccc(CCOCCOCCOCCOCCOCCOCCNC(=O)OC(C)(C)C)c21. The molecule has 1 saturated heterocycles. The molecule has 15 heteroatoms. The summed E-state index contributed by atoms with van der Waals surface area (Å²) in [5, 5.41) is 4.95. The number of imidazole rings is 1. The first-order chi connectivity index (χ1) is 22.6. The third kappa shape index (κ3) is 13.4. The van der Waals surface area contributed by atoms with Crippen LogP contribution in [0, 0.1) is 0 Å². The molecule has 47 heavy (non-hydrogen) atoms. The Labute approximate surface area is 275 Å². The van der Waals surface area contributed by atoms with Crippen molar-refractivity contribution in [2.24, 2.45) is 7.05 Å². The highest BCUT2D eigenvalue weighted by atomic mass is 16.6. The number of imide groups is 1. The number of nitrogens with one attached hydrogen (secondary N) is 2. The van der Waals surface area contributed by atoms with Gasteiger partial charge in [-0.3, -0.25) is 24.0 Å². The molecule has 1 aromatic heterocycles. The average molecular weight is 667 g/mol. The second-order valence-corrected chi connectivity index (χ2v) is 11.8. The van der Waals surface area contributed by atoms with Gasteiger partial charge in [0.25, 0.3) is 0 Å². The molecule has 2 N–H and O–H groups in total. The summed E-state index contributed by atoms with van der Waals surface area (Å²) in [6.45, 7) is 11.0. The minimum absolute atomic E-state index is 0.199. The number of alkyl carbamates (subject to hydrolysis) is 1. The Morgan fingerprint density at radius 3 is 1.89 bits per heavy atom. The maximum Gasteiger partial charge on any atom is 0.407 e. The Balaban J connectivity index is 1.14. The van der Waals surface area contributed by atoms with E-state index in [1.807, 2.05) is 39.0 Å². The predicted octanol–water partition coefficient (Wildman–Crippen LogP) is 1.48. The number of nitrogens with zero attached hydrogens (tertiary/aromatic N) is 2. The van der Waals surface area contributed by atoms with E-state index in [9.17, 15) is 19.2 Å².